The van der Waals surface area contributed by atoms with Gasteiger partial charge in [-0.1, -0.05) is 45.9 Å². The number of hydrogen-bond acceptors (Lipinski definition) is 5. The quantitative estimate of drug-likeness (QED) is 0.322. The number of carbonyl (C=O) groups is 2. The van der Waals surface area contributed by atoms with Gasteiger partial charge in [0.25, 0.3) is 0 Å². The van der Waals surface area contributed by atoms with Crippen LogP contribution in [0.5, 0.6) is 11.5 Å². The molecule has 0 aromatic heterocycles. The van der Waals surface area contributed by atoms with Crippen LogP contribution in [0.2, 0.25) is 0 Å². The summed E-state index contributed by atoms with van der Waals surface area (Å²) in [6.45, 7) is 15.6. The van der Waals surface area contributed by atoms with Crippen LogP contribution in [-0.2, 0) is 16.2 Å². The largest absolute Gasteiger partial charge is 0.490 e. The SMILES string of the molecule is CCOc1cc(C2C3=C(CC(C)(C)CC3=O)NC3=C2C(=O)CC(C)(C)C3)cc(I)c1OCc1ccc(C)c(C)c1. The highest BCUT2D eigenvalue weighted by Gasteiger charge is 2.46. The fourth-order valence-electron chi connectivity index (χ4n) is 6.43. The molecule has 1 aliphatic heterocycles. The van der Waals surface area contributed by atoms with Gasteiger partial charge in [0.15, 0.2) is 23.1 Å². The first-order valence-electron chi connectivity index (χ1n) is 14.2. The Morgan fingerprint density at radius 1 is 0.850 bits per heavy atom. The van der Waals surface area contributed by atoms with E-state index in [2.05, 4.69) is 93.7 Å². The lowest BCUT2D eigenvalue weighted by atomic mass is 9.64. The zero-order valence-corrected chi connectivity index (χ0v) is 26.9. The molecule has 0 saturated carbocycles. The van der Waals surface area contributed by atoms with Crippen LogP contribution >= 0.6 is 22.6 Å². The van der Waals surface area contributed by atoms with Crippen molar-refractivity contribution in [2.45, 2.75) is 86.7 Å². The van der Waals surface area contributed by atoms with Crippen LogP contribution < -0.4 is 14.8 Å². The number of aryl methyl sites for hydroxylation is 2. The number of nitrogens with one attached hydrogen (secondary N) is 1. The Labute approximate surface area is 251 Å². The van der Waals surface area contributed by atoms with Gasteiger partial charge in [-0.05, 0) is 101 Å². The van der Waals surface area contributed by atoms with Gasteiger partial charge in [0.05, 0.1) is 10.2 Å². The Kier molecular flexibility index (Phi) is 7.70. The molecule has 0 spiro atoms. The Hall–Kier alpha value is -2.61. The van der Waals surface area contributed by atoms with Gasteiger partial charge < -0.3 is 14.8 Å². The molecule has 0 saturated heterocycles. The molecule has 0 radical (unpaired) electrons. The number of benzene rings is 2. The summed E-state index contributed by atoms with van der Waals surface area (Å²) in [5, 5.41) is 3.60. The second kappa shape index (κ2) is 10.7. The first kappa shape index (κ1) is 28.9. The molecule has 5 rings (SSSR count). The maximum atomic E-state index is 13.7. The highest BCUT2D eigenvalue weighted by atomic mass is 127. The van der Waals surface area contributed by atoms with E-state index in [1.807, 2.05) is 13.0 Å². The van der Waals surface area contributed by atoms with E-state index in [4.69, 9.17) is 9.47 Å². The summed E-state index contributed by atoms with van der Waals surface area (Å²) in [5.74, 6) is 1.17. The van der Waals surface area contributed by atoms with Crippen molar-refractivity contribution in [3.8, 4) is 11.5 Å². The van der Waals surface area contributed by atoms with Crippen molar-refractivity contribution in [3.05, 3.63) is 78.7 Å². The summed E-state index contributed by atoms with van der Waals surface area (Å²) in [6, 6.07) is 10.4. The monoisotopic (exact) mass is 653 g/mol. The summed E-state index contributed by atoms with van der Waals surface area (Å²) >= 11 is 2.30. The molecule has 0 unspecified atom stereocenters. The van der Waals surface area contributed by atoms with Gasteiger partial charge in [0.1, 0.15) is 6.61 Å². The van der Waals surface area contributed by atoms with Crippen molar-refractivity contribution in [2.75, 3.05) is 6.61 Å². The molecule has 6 heteroatoms. The van der Waals surface area contributed by atoms with E-state index in [-0.39, 0.29) is 22.4 Å². The predicted molar refractivity (Wildman–Crippen MR) is 167 cm³/mol. The molecule has 0 amide bonds. The third-order valence-corrected chi connectivity index (χ3v) is 9.14. The van der Waals surface area contributed by atoms with E-state index >= 15 is 0 Å². The van der Waals surface area contributed by atoms with Gasteiger partial charge in [-0.3, -0.25) is 9.59 Å². The van der Waals surface area contributed by atoms with Crippen molar-refractivity contribution in [3.63, 3.8) is 0 Å². The number of hydrogen-bond donors (Lipinski definition) is 1. The Morgan fingerprint density at radius 3 is 2.00 bits per heavy atom. The van der Waals surface area contributed by atoms with E-state index in [0.717, 1.165) is 50.1 Å². The van der Waals surface area contributed by atoms with Crippen LogP contribution in [0.15, 0.2) is 52.9 Å². The van der Waals surface area contributed by atoms with Crippen LogP contribution in [0.3, 0.4) is 0 Å². The molecule has 2 aromatic rings. The average Bonchev–Trinajstić information content (AvgIpc) is 2.82. The van der Waals surface area contributed by atoms with E-state index < -0.39 is 5.92 Å². The van der Waals surface area contributed by atoms with Gasteiger partial charge in [-0.15, -0.1) is 0 Å². The lowest BCUT2D eigenvalue weighted by molar-refractivity contribution is -0.119. The van der Waals surface area contributed by atoms with E-state index in [1.165, 1.54) is 11.1 Å². The molecular weight excluding hydrogens is 613 g/mol. The van der Waals surface area contributed by atoms with Gasteiger partial charge in [-0.2, -0.15) is 0 Å². The molecule has 0 bridgehead atoms. The molecule has 2 aromatic carbocycles. The highest BCUT2D eigenvalue weighted by Crippen LogP contribution is 2.52. The second-order valence-electron chi connectivity index (χ2n) is 13.2. The Bertz CT molecular complexity index is 1410. The van der Waals surface area contributed by atoms with Crippen LogP contribution in [-0.4, -0.2) is 18.2 Å². The molecule has 1 heterocycles. The minimum atomic E-state index is -0.403. The van der Waals surface area contributed by atoms with Crippen LogP contribution in [0, 0.1) is 28.2 Å². The maximum absolute atomic E-state index is 13.7. The van der Waals surface area contributed by atoms with Crippen molar-refractivity contribution in [2.24, 2.45) is 10.8 Å². The number of ketones is 2. The van der Waals surface area contributed by atoms with Gasteiger partial charge >= 0.3 is 0 Å². The number of ether oxygens (including phenoxy) is 2. The van der Waals surface area contributed by atoms with Crippen molar-refractivity contribution in [1.82, 2.24) is 5.32 Å². The number of halogens is 1. The van der Waals surface area contributed by atoms with E-state index in [9.17, 15) is 9.59 Å². The van der Waals surface area contributed by atoms with Gasteiger partial charge in [-0.25, -0.2) is 0 Å². The Morgan fingerprint density at radius 2 is 1.45 bits per heavy atom. The second-order valence-corrected chi connectivity index (χ2v) is 14.4. The first-order valence-corrected chi connectivity index (χ1v) is 15.3. The number of dihydropyridines is 1. The van der Waals surface area contributed by atoms with Gasteiger partial charge in [0, 0.05) is 41.3 Å². The molecule has 40 heavy (non-hydrogen) atoms. The highest BCUT2D eigenvalue weighted by molar-refractivity contribution is 14.1. The first-order chi connectivity index (χ1) is 18.8. The predicted octanol–water partition coefficient (Wildman–Crippen LogP) is 7.86. The molecule has 0 fully saturated rings. The molecule has 3 aliphatic rings. The molecule has 5 nitrogen and oxygen atoms in total. The topological polar surface area (TPSA) is 64.6 Å². The smallest absolute Gasteiger partial charge is 0.174 e. The van der Waals surface area contributed by atoms with Crippen molar-refractivity contribution in [1.29, 1.82) is 0 Å². The van der Waals surface area contributed by atoms with E-state index in [0.29, 0.717) is 37.6 Å². The maximum Gasteiger partial charge on any atom is 0.174 e. The van der Waals surface area contributed by atoms with Crippen LogP contribution in [0.1, 0.15) is 88.5 Å². The fraction of sp³-hybridized carbons (Fsp3) is 0.471. The van der Waals surface area contributed by atoms with Gasteiger partial charge in [0.2, 0.25) is 0 Å². The third kappa shape index (κ3) is 5.61. The third-order valence-electron chi connectivity index (χ3n) is 8.34. The molecule has 212 valence electrons. The Balaban J connectivity index is 1.60. The zero-order chi connectivity index (χ0) is 29.0. The zero-order valence-electron chi connectivity index (χ0n) is 24.7. The standard InChI is InChI=1S/C34H40INO4/c1-8-39-28-13-22(12-23(35)32(28)40-18-21-10-9-19(2)20(3)11-21)29-30-24(14-33(4,5)16-26(30)37)36-25-15-34(6,7)17-27(38)31(25)29/h9-13,29,36H,8,14-18H2,1-7H3. The number of Topliss-reactive ketones (excluding diaryl/α,β-unsaturated/α-hetero) is 2. The van der Waals surface area contributed by atoms with Crippen molar-refractivity contribution >= 4 is 34.2 Å². The number of allylic oxidation sites excluding steroid dienone is 4. The number of carbonyl (C=O) groups excluding carboxylic acids is 2. The molecular formula is C34H40INO4. The van der Waals surface area contributed by atoms with Crippen LogP contribution in [0.25, 0.3) is 0 Å². The lowest BCUT2D eigenvalue weighted by Crippen LogP contribution is -2.42. The average molecular weight is 654 g/mol. The molecule has 1 N–H and O–H groups in total. The minimum Gasteiger partial charge on any atom is -0.490 e. The summed E-state index contributed by atoms with van der Waals surface area (Å²) in [4.78, 5) is 27.4. The van der Waals surface area contributed by atoms with Crippen molar-refractivity contribution < 1.29 is 19.1 Å². The normalized spacial score (nSPS) is 20.2. The summed E-state index contributed by atoms with van der Waals surface area (Å²) in [5.41, 5.74) is 7.67. The summed E-state index contributed by atoms with van der Waals surface area (Å²) < 4.78 is 13.4. The lowest BCUT2D eigenvalue weighted by Gasteiger charge is -2.44. The minimum absolute atomic E-state index is 0.121. The molecule has 0 atom stereocenters. The fourth-order valence-corrected chi connectivity index (χ4v) is 7.21. The number of rotatable bonds is 6. The summed E-state index contributed by atoms with van der Waals surface area (Å²) in [7, 11) is 0. The van der Waals surface area contributed by atoms with E-state index in [1.54, 1.807) is 0 Å². The summed E-state index contributed by atoms with van der Waals surface area (Å²) in [6.07, 6.45) is 2.50. The van der Waals surface area contributed by atoms with Crippen LogP contribution in [0.4, 0.5) is 0 Å². The molecule has 2 aliphatic carbocycles.